The lowest BCUT2D eigenvalue weighted by Gasteiger charge is -2.10. The van der Waals surface area contributed by atoms with Gasteiger partial charge < -0.3 is 0 Å². The topological polar surface area (TPSA) is 17.8 Å². The van der Waals surface area contributed by atoms with Crippen LogP contribution in [0, 0.1) is 0 Å². The number of aromatic nitrogens is 2. The van der Waals surface area contributed by atoms with Crippen molar-refractivity contribution in [3.63, 3.8) is 0 Å². The van der Waals surface area contributed by atoms with Crippen LogP contribution in [0.5, 0.6) is 0 Å². The molecule has 6 heteroatoms. The minimum Gasteiger partial charge on any atom is -0.237 e. The van der Waals surface area contributed by atoms with Crippen LogP contribution < -0.4 is 0 Å². The van der Waals surface area contributed by atoms with E-state index in [1.54, 1.807) is 18.2 Å². The first-order chi connectivity index (χ1) is 7.04. The molecule has 2 aromatic rings. The first kappa shape index (κ1) is 10.5. The van der Waals surface area contributed by atoms with Gasteiger partial charge in [-0.1, -0.05) is 28.1 Å². The number of para-hydroxylation sites is 2. The largest absolute Gasteiger partial charge is 0.490 e. The Morgan fingerprint density at radius 2 is 1.93 bits per heavy atom. The molecule has 0 aliphatic heterocycles. The summed E-state index contributed by atoms with van der Waals surface area (Å²) in [5.41, 5.74) is 0.434. The maximum absolute atomic E-state index is 12.7. The zero-order valence-electron chi connectivity index (χ0n) is 7.42. The molecule has 0 saturated heterocycles. The van der Waals surface area contributed by atoms with Gasteiger partial charge in [0.15, 0.2) is 0 Å². The van der Waals surface area contributed by atoms with Gasteiger partial charge in [-0.05, 0) is 12.1 Å². The van der Waals surface area contributed by atoms with E-state index < -0.39 is 6.30 Å². The van der Waals surface area contributed by atoms with Gasteiger partial charge >= 0.3 is 6.30 Å². The number of rotatable bonds is 1. The van der Waals surface area contributed by atoms with Crippen LogP contribution >= 0.6 is 15.9 Å². The fourth-order valence-electron chi connectivity index (χ4n) is 1.45. The molecule has 0 aliphatic rings. The molecule has 1 aromatic carbocycles. The molecule has 0 aliphatic carbocycles. The predicted molar refractivity (Wildman–Crippen MR) is 53.7 cm³/mol. The van der Waals surface area contributed by atoms with E-state index in [-0.39, 0.29) is 21.2 Å². The molecule has 1 heterocycles. The molecular formula is C9H6BrF3N2. The number of fused-ring (bicyclic) bond motifs is 1. The van der Waals surface area contributed by atoms with Crippen molar-refractivity contribution < 1.29 is 13.2 Å². The summed E-state index contributed by atoms with van der Waals surface area (Å²) in [6.07, 6.45) is -4.43. The minimum atomic E-state index is -4.43. The molecule has 0 atom stereocenters. The fraction of sp³-hybridized carbons (Fsp3) is 0.222. The van der Waals surface area contributed by atoms with E-state index >= 15 is 0 Å². The average Bonchev–Trinajstić information content (AvgIpc) is 2.54. The molecule has 0 bridgehead atoms. The summed E-state index contributed by atoms with van der Waals surface area (Å²) < 4.78 is 38.4. The summed E-state index contributed by atoms with van der Waals surface area (Å²) in [5.74, 6) is -0.0382. The van der Waals surface area contributed by atoms with Crippen LogP contribution in [0.2, 0.25) is 0 Å². The molecule has 0 spiro atoms. The Labute approximate surface area is 91.8 Å². The third kappa shape index (κ3) is 1.73. The summed E-state index contributed by atoms with van der Waals surface area (Å²) >= 11 is 3.00. The lowest BCUT2D eigenvalue weighted by atomic mass is 10.3. The highest BCUT2D eigenvalue weighted by Crippen LogP contribution is 2.30. The standard InChI is InChI=1S/C9H6BrF3N2/c10-5-8-14-6-3-1-2-4-7(6)15(8)9(11,12)13/h1-4H,5H2. The van der Waals surface area contributed by atoms with Crippen LogP contribution in [0.25, 0.3) is 11.0 Å². The SMILES string of the molecule is FC(F)(F)n1c(CBr)nc2ccccc21. The Bertz CT molecular complexity index is 490. The predicted octanol–water partition coefficient (Wildman–Crippen LogP) is 3.41. The molecule has 2 rings (SSSR count). The zero-order valence-corrected chi connectivity index (χ0v) is 9.01. The number of alkyl halides is 4. The normalized spacial score (nSPS) is 12.3. The Kier molecular flexibility index (Phi) is 2.46. The van der Waals surface area contributed by atoms with Crippen LogP contribution in [0.15, 0.2) is 24.3 Å². The summed E-state index contributed by atoms with van der Waals surface area (Å²) in [5, 5.41) is 0.0706. The van der Waals surface area contributed by atoms with Gasteiger partial charge in [0.25, 0.3) is 0 Å². The van der Waals surface area contributed by atoms with Crippen molar-refractivity contribution in [1.29, 1.82) is 0 Å². The molecule has 2 nitrogen and oxygen atoms in total. The second-order valence-electron chi connectivity index (χ2n) is 2.95. The molecule has 0 fully saturated rings. The van der Waals surface area contributed by atoms with Crippen molar-refractivity contribution in [2.45, 2.75) is 11.6 Å². The minimum absolute atomic E-state index is 0.0382. The molecule has 0 radical (unpaired) electrons. The number of halogens is 4. The van der Waals surface area contributed by atoms with E-state index in [9.17, 15) is 13.2 Å². The number of imidazole rings is 1. The molecule has 0 amide bonds. The van der Waals surface area contributed by atoms with Crippen molar-refractivity contribution in [1.82, 2.24) is 9.55 Å². The van der Waals surface area contributed by atoms with Gasteiger partial charge in [-0.3, -0.25) is 0 Å². The molecule has 15 heavy (non-hydrogen) atoms. The zero-order chi connectivity index (χ0) is 11.1. The lowest BCUT2D eigenvalue weighted by molar-refractivity contribution is -0.202. The van der Waals surface area contributed by atoms with E-state index in [1.807, 2.05) is 0 Å². The second kappa shape index (κ2) is 3.52. The Balaban J connectivity index is 2.79. The summed E-state index contributed by atoms with van der Waals surface area (Å²) in [7, 11) is 0. The lowest BCUT2D eigenvalue weighted by Crippen LogP contribution is -2.18. The first-order valence-corrected chi connectivity index (χ1v) is 5.25. The molecule has 0 unspecified atom stereocenters. The monoisotopic (exact) mass is 278 g/mol. The first-order valence-electron chi connectivity index (χ1n) is 4.13. The van der Waals surface area contributed by atoms with Crippen molar-refractivity contribution in [2.24, 2.45) is 0 Å². The van der Waals surface area contributed by atoms with Crippen molar-refractivity contribution in [3.8, 4) is 0 Å². The Morgan fingerprint density at radius 1 is 1.27 bits per heavy atom. The number of hydrogen-bond acceptors (Lipinski definition) is 1. The van der Waals surface area contributed by atoms with Crippen molar-refractivity contribution in [3.05, 3.63) is 30.1 Å². The number of hydrogen-bond donors (Lipinski definition) is 0. The second-order valence-corrected chi connectivity index (χ2v) is 3.51. The highest BCUT2D eigenvalue weighted by molar-refractivity contribution is 9.08. The van der Waals surface area contributed by atoms with E-state index in [0.717, 1.165) is 0 Å². The van der Waals surface area contributed by atoms with Gasteiger partial charge in [-0.2, -0.15) is 0 Å². The maximum Gasteiger partial charge on any atom is 0.490 e. The number of benzene rings is 1. The third-order valence-corrected chi connectivity index (χ3v) is 2.50. The Morgan fingerprint density at radius 3 is 2.53 bits per heavy atom. The third-order valence-electron chi connectivity index (χ3n) is 2.00. The van der Waals surface area contributed by atoms with Gasteiger partial charge in [0.1, 0.15) is 5.82 Å². The summed E-state index contributed by atoms with van der Waals surface area (Å²) in [4.78, 5) is 3.89. The van der Waals surface area contributed by atoms with E-state index in [4.69, 9.17) is 0 Å². The fourth-order valence-corrected chi connectivity index (χ4v) is 1.82. The van der Waals surface area contributed by atoms with Crippen LogP contribution in [-0.4, -0.2) is 9.55 Å². The van der Waals surface area contributed by atoms with E-state index in [0.29, 0.717) is 5.52 Å². The highest BCUT2D eigenvalue weighted by Gasteiger charge is 2.34. The number of nitrogens with zero attached hydrogens (tertiary/aromatic N) is 2. The summed E-state index contributed by atoms with van der Waals surface area (Å²) in [6, 6.07) is 6.18. The Hall–Kier alpha value is -1.04. The average molecular weight is 279 g/mol. The molecule has 1 aromatic heterocycles. The molecule has 80 valence electrons. The van der Waals surface area contributed by atoms with Crippen LogP contribution in [0.3, 0.4) is 0 Å². The quantitative estimate of drug-likeness (QED) is 0.731. The van der Waals surface area contributed by atoms with Crippen LogP contribution in [-0.2, 0) is 11.6 Å². The van der Waals surface area contributed by atoms with Gasteiger partial charge in [-0.15, -0.1) is 13.2 Å². The van der Waals surface area contributed by atoms with Gasteiger partial charge in [0.05, 0.1) is 16.4 Å². The van der Waals surface area contributed by atoms with E-state index in [2.05, 4.69) is 20.9 Å². The van der Waals surface area contributed by atoms with Crippen LogP contribution in [0.1, 0.15) is 5.82 Å². The summed E-state index contributed by atoms with van der Waals surface area (Å²) in [6.45, 7) is 0. The van der Waals surface area contributed by atoms with Gasteiger partial charge in [-0.25, -0.2) is 9.55 Å². The van der Waals surface area contributed by atoms with Crippen molar-refractivity contribution in [2.75, 3.05) is 0 Å². The van der Waals surface area contributed by atoms with Gasteiger partial charge in [0, 0.05) is 0 Å². The van der Waals surface area contributed by atoms with E-state index in [1.165, 1.54) is 6.07 Å². The van der Waals surface area contributed by atoms with Crippen molar-refractivity contribution >= 4 is 27.0 Å². The smallest absolute Gasteiger partial charge is 0.237 e. The highest BCUT2D eigenvalue weighted by atomic mass is 79.9. The molecule has 0 saturated carbocycles. The molecular weight excluding hydrogens is 273 g/mol. The van der Waals surface area contributed by atoms with Gasteiger partial charge in [0.2, 0.25) is 0 Å². The molecule has 0 N–H and O–H groups in total. The maximum atomic E-state index is 12.7. The van der Waals surface area contributed by atoms with Crippen LogP contribution in [0.4, 0.5) is 13.2 Å².